The summed E-state index contributed by atoms with van der Waals surface area (Å²) in [6, 6.07) is 7.40. The highest BCUT2D eigenvalue weighted by molar-refractivity contribution is 14.0. The second-order valence-electron chi connectivity index (χ2n) is 6.59. The molecule has 0 aliphatic carbocycles. The molecule has 0 spiro atoms. The molecule has 1 saturated heterocycles. The number of rotatable bonds is 7. The van der Waals surface area contributed by atoms with Crippen LogP contribution in [0.15, 0.2) is 46.0 Å². The molecule has 3 rings (SSSR count). The Morgan fingerprint density at radius 2 is 2.00 bits per heavy atom. The predicted octanol–water partition coefficient (Wildman–Crippen LogP) is 4.07. The Bertz CT molecular complexity index is 749. The molecule has 28 heavy (non-hydrogen) atoms. The van der Waals surface area contributed by atoms with Gasteiger partial charge in [0, 0.05) is 18.7 Å². The Morgan fingerprint density at radius 1 is 1.21 bits per heavy atom. The zero-order valence-electron chi connectivity index (χ0n) is 16.0. The number of hydrogen-bond acceptors (Lipinski definition) is 3. The van der Waals surface area contributed by atoms with E-state index in [9.17, 15) is 8.78 Å². The van der Waals surface area contributed by atoms with Crippen molar-refractivity contribution in [2.45, 2.75) is 32.4 Å². The highest BCUT2D eigenvalue weighted by atomic mass is 127. The van der Waals surface area contributed by atoms with Crippen molar-refractivity contribution in [2.75, 3.05) is 26.2 Å². The van der Waals surface area contributed by atoms with Gasteiger partial charge in [-0.25, -0.2) is 13.8 Å². The van der Waals surface area contributed by atoms with Gasteiger partial charge in [0.1, 0.15) is 17.4 Å². The van der Waals surface area contributed by atoms with Crippen LogP contribution < -0.4 is 10.6 Å². The van der Waals surface area contributed by atoms with Crippen LogP contribution in [0.4, 0.5) is 8.78 Å². The molecule has 1 unspecified atom stereocenters. The van der Waals surface area contributed by atoms with E-state index in [1.54, 1.807) is 6.26 Å². The number of nitrogens with one attached hydrogen (secondary N) is 2. The van der Waals surface area contributed by atoms with Gasteiger partial charge in [-0.05, 0) is 63.2 Å². The fourth-order valence-corrected chi connectivity index (χ4v) is 3.31. The third-order valence-corrected chi connectivity index (χ3v) is 4.68. The average molecular weight is 504 g/mol. The molecular weight excluding hydrogens is 477 g/mol. The highest BCUT2D eigenvalue weighted by Crippen LogP contribution is 2.24. The van der Waals surface area contributed by atoms with E-state index in [1.807, 2.05) is 19.1 Å². The number of furan rings is 1. The van der Waals surface area contributed by atoms with Gasteiger partial charge < -0.3 is 15.1 Å². The number of hydrogen-bond donors (Lipinski definition) is 2. The van der Waals surface area contributed by atoms with Crippen molar-refractivity contribution in [3.05, 3.63) is 59.6 Å². The van der Waals surface area contributed by atoms with Gasteiger partial charge in [-0.2, -0.15) is 0 Å². The second kappa shape index (κ2) is 11.4. The predicted molar refractivity (Wildman–Crippen MR) is 117 cm³/mol. The average Bonchev–Trinajstić information content (AvgIpc) is 3.37. The molecule has 2 heterocycles. The van der Waals surface area contributed by atoms with Crippen molar-refractivity contribution in [2.24, 2.45) is 4.99 Å². The van der Waals surface area contributed by atoms with Crippen LogP contribution >= 0.6 is 24.0 Å². The summed E-state index contributed by atoms with van der Waals surface area (Å²) in [6.07, 6.45) is 4.05. The van der Waals surface area contributed by atoms with E-state index in [2.05, 4.69) is 20.5 Å². The van der Waals surface area contributed by atoms with E-state index in [4.69, 9.17) is 4.42 Å². The third-order valence-electron chi connectivity index (χ3n) is 4.68. The number of nitrogens with zero attached hydrogens (tertiary/aromatic N) is 2. The van der Waals surface area contributed by atoms with Crippen molar-refractivity contribution < 1.29 is 13.2 Å². The molecule has 1 aliphatic rings. The van der Waals surface area contributed by atoms with Gasteiger partial charge >= 0.3 is 0 Å². The van der Waals surface area contributed by atoms with Crippen LogP contribution in [0.1, 0.15) is 37.1 Å². The van der Waals surface area contributed by atoms with Crippen LogP contribution in [0.2, 0.25) is 0 Å². The number of aliphatic imine (C=N–C) groups is 1. The third kappa shape index (κ3) is 6.16. The summed E-state index contributed by atoms with van der Waals surface area (Å²) in [6.45, 7) is 5.39. The molecule has 0 saturated carbocycles. The summed E-state index contributed by atoms with van der Waals surface area (Å²) in [5, 5.41) is 6.46. The lowest BCUT2D eigenvalue weighted by Crippen LogP contribution is -2.42. The molecule has 1 aromatic heterocycles. The van der Waals surface area contributed by atoms with Gasteiger partial charge in [-0.15, -0.1) is 24.0 Å². The summed E-state index contributed by atoms with van der Waals surface area (Å²) < 4.78 is 32.8. The molecule has 1 aromatic carbocycles. The van der Waals surface area contributed by atoms with Gasteiger partial charge in [-0.3, -0.25) is 4.90 Å². The smallest absolute Gasteiger partial charge is 0.191 e. The summed E-state index contributed by atoms with van der Waals surface area (Å²) in [7, 11) is 0. The highest BCUT2D eigenvalue weighted by Gasteiger charge is 2.25. The van der Waals surface area contributed by atoms with Crippen molar-refractivity contribution in [1.29, 1.82) is 0 Å². The van der Waals surface area contributed by atoms with E-state index in [0.29, 0.717) is 19.0 Å². The molecule has 1 aliphatic heterocycles. The molecule has 1 fully saturated rings. The first-order valence-corrected chi connectivity index (χ1v) is 9.41. The van der Waals surface area contributed by atoms with Crippen LogP contribution in [0.5, 0.6) is 0 Å². The molecule has 2 N–H and O–H groups in total. The van der Waals surface area contributed by atoms with Crippen LogP contribution in [-0.4, -0.2) is 37.0 Å². The van der Waals surface area contributed by atoms with E-state index in [0.717, 1.165) is 31.0 Å². The van der Waals surface area contributed by atoms with Crippen molar-refractivity contribution in [3.8, 4) is 0 Å². The SMILES string of the molecule is CCNC(=NCc1cc(F)ccc1F)NCC(c1ccco1)N1CCCC1.I. The minimum atomic E-state index is -0.466. The monoisotopic (exact) mass is 504 g/mol. The topological polar surface area (TPSA) is 52.8 Å². The second-order valence-corrected chi connectivity index (χ2v) is 6.59. The lowest BCUT2D eigenvalue weighted by atomic mass is 10.2. The number of guanidine groups is 1. The maximum absolute atomic E-state index is 13.8. The lowest BCUT2D eigenvalue weighted by Gasteiger charge is -2.26. The lowest BCUT2D eigenvalue weighted by molar-refractivity contribution is 0.215. The van der Waals surface area contributed by atoms with E-state index < -0.39 is 11.6 Å². The van der Waals surface area contributed by atoms with Crippen molar-refractivity contribution in [1.82, 2.24) is 15.5 Å². The van der Waals surface area contributed by atoms with Gasteiger partial charge in [-0.1, -0.05) is 0 Å². The van der Waals surface area contributed by atoms with E-state index in [-0.39, 0.29) is 42.1 Å². The number of likely N-dealkylation sites (tertiary alicyclic amines) is 1. The van der Waals surface area contributed by atoms with Gasteiger partial charge in [0.05, 0.1) is 18.8 Å². The number of benzene rings is 1. The van der Waals surface area contributed by atoms with Gasteiger partial charge in [0.15, 0.2) is 5.96 Å². The molecule has 2 aromatic rings. The Kier molecular flexibility index (Phi) is 9.17. The standard InChI is InChI=1S/C20H26F2N4O.HI/c1-2-23-20(24-13-15-12-16(21)7-8-17(15)22)25-14-18(19-6-5-11-27-19)26-9-3-4-10-26;/h5-8,11-12,18H,2-4,9-10,13-14H2,1H3,(H2,23,24,25);1H. The summed E-state index contributed by atoms with van der Waals surface area (Å²) in [5.41, 5.74) is 0.231. The normalized spacial score (nSPS) is 15.9. The first-order chi connectivity index (χ1) is 13.2. The van der Waals surface area contributed by atoms with Crippen molar-refractivity contribution in [3.63, 3.8) is 0 Å². The zero-order chi connectivity index (χ0) is 19.1. The molecule has 5 nitrogen and oxygen atoms in total. The van der Waals surface area contributed by atoms with Crippen LogP contribution in [0.25, 0.3) is 0 Å². The van der Waals surface area contributed by atoms with Crippen LogP contribution in [0, 0.1) is 11.6 Å². The molecular formula is C20H27F2IN4O. The van der Waals surface area contributed by atoms with Crippen molar-refractivity contribution >= 4 is 29.9 Å². The minimum Gasteiger partial charge on any atom is -0.468 e. The first-order valence-electron chi connectivity index (χ1n) is 9.41. The zero-order valence-corrected chi connectivity index (χ0v) is 18.3. The molecule has 8 heteroatoms. The first kappa shape index (κ1) is 22.6. The maximum atomic E-state index is 13.8. The van der Waals surface area contributed by atoms with Crippen LogP contribution in [0.3, 0.4) is 0 Å². The fraction of sp³-hybridized carbons (Fsp3) is 0.450. The van der Waals surface area contributed by atoms with Gasteiger partial charge in [0.25, 0.3) is 0 Å². The molecule has 0 amide bonds. The Hall–Kier alpha value is -1.68. The van der Waals surface area contributed by atoms with Gasteiger partial charge in [0.2, 0.25) is 0 Å². The molecule has 0 radical (unpaired) electrons. The molecule has 0 bridgehead atoms. The van der Waals surface area contributed by atoms with Crippen LogP contribution in [-0.2, 0) is 6.54 Å². The van der Waals surface area contributed by atoms with E-state index >= 15 is 0 Å². The molecule has 1 atom stereocenters. The Balaban J connectivity index is 0.00000280. The quantitative estimate of drug-likeness (QED) is 0.339. The summed E-state index contributed by atoms with van der Waals surface area (Å²) >= 11 is 0. The largest absolute Gasteiger partial charge is 0.468 e. The molecule has 154 valence electrons. The maximum Gasteiger partial charge on any atom is 0.191 e. The fourth-order valence-electron chi connectivity index (χ4n) is 3.31. The summed E-state index contributed by atoms with van der Waals surface area (Å²) in [5.74, 6) is 0.557. The number of halogens is 3. The van der Waals surface area contributed by atoms with E-state index in [1.165, 1.54) is 18.9 Å². The summed E-state index contributed by atoms with van der Waals surface area (Å²) in [4.78, 5) is 6.79. The Labute approximate surface area is 181 Å². The Morgan fingerprint density at radius 3 is 2.68 bits per heavy atom. The minimum absolute atomic E-state index is 0.